The van der Waals surface area contributed by atoms with Gasteiger partial charge in [-0.2, -0.15) is 5.26 Å². The summed E-state index contributed by atoms with van der Waals surface area (Å²) >= 11 is 0. The van der Waals surface area contributed by atoms with Crippen LogP contribution in [0.25, 0.3) is 11.1 Å². The lowest BCUT2D eigenvalue weighted by atomic mass is 9.83. The summed E-state index contributed by atoms with van der Waals surface area (Å²) in [6.45, 7) is 1.88. The first-order chi connectivity index (χ1) is 14.7. The maximum Gasteiger partial charge on any atom is 0.268 e. The van der Waals surface area contributed by atoms with Gasteiger partial charge in [-0.1, -0.05) is 54.6 Å². The number of aromatic nitrogens is 1. The first-order valence-electron chi connectivity index (χ1n) is 10.8. The summed E-state index contributed by atoms with van der Waals surface area (Å²) in [6.07, 6.45) is 5.14. The van der Waals surface area contributed by atoms with Gasteiger partial charge in [-0.15, -0.1) is 0 Å². The van der Waals surface area contributed by atoms with Crippen LogP contribution in [0.2, 0.25) is 0 Å². The Kier molecular flexibility index (Phi) is 4.88. The molecule has 0 unspecified atom stereocenters. The van der Waals surface area contributed by atoms with Crippen molar-refractivity contribution in [3.63, 3.8) is 0 Å². The molecule has 0 radical (unpaired) electrons. The van der Waals surface area contributed by atoms with Gasteiger partial charge in [0.15, 0.2) is 0 Å². The lowest BCUT2D eigenvalue weighted by Gasteiger charge is -2.36. The summed E-state index contributed by atoms with van der Waals surface area (Å²) in [5.74, 6) is 1.60. The molecule has 0 bridgehead atoms. The highest BCUT2D eigenvalue weighted by atomic mass is 16.1. The van der Waals surface area contributed by atoms with Crippen molar-refractivity contribution in [1.82, 2.24) is 4.98 Å². The summed E-state index contributed by atoms with van der Waals surface area (Å²) < 4.78 is 0. The lowest BCUT2D eigenvalue weighted by Crippen LogP contribution is -2.37. The molecule has 1 saturated heterocycles. The number of fused-ring (bicyclic) bond motifs is 3. The van der Waals surface area contributed by atoms with Crippen molar-refractivity contribution < 1.29 is 0 Å². The molecule has 1 aliphatic carbocycles. The molecule has 1 fully saturated rings. The van der Waals surface area contributed by atoms with E-state index in [2.05, 4.69) is 52.4 Å². The highest BCUT2D eigenvalue weighted by Crippen LogP contribution is 2.39. The van der Waals surface area contributed by atoms with Crippen LogP contribution >= 0.6 is 0 Å². The third kappa shape index (κ3) is 3.31. The van der Waals surface area contributed by atoms with Gasteiger partial charge in [-0.25, -0.2) is 0 Å². The highest BCUT2D eigenvalue weighted by molar-refractivity contribution is 5.81. The number of hydrogen-bond acceptors (Lipinski definition) is 3. The number of piperidine rings is 1. The molecule has 4 heteroatoms. The summed E-state index contributed by atoms with van der Waals surface area (Å²) in [6, 6.07) is 21.0. The molecule has 0 saturated carbocycles. The number of aromatic amines is 1. The Bertz CT molecular complexity index is 1170. The number of pyridine rings is 1. The van der Waals surface area contributed by atoms with E-state index >= 15 is 0 Å². The molecule has 30 heavy (non-hydrogen) atoms. The molecule has 150 valence electrons. The minimum Gasteiger partial charge on any atom is -0.358 e. The van der Waals surface area contributed by atoms with Crippen molar-refractivity contribution in [2.24, 2.45) is 5.92 Å². The fourth-order valence-corrected chi connectivity index (χ4v) is 5.10. The van der Waals surface area contributed by atoms with Crippen molar-refractivity contribution in [3.8, 4) is 17.2 Å². The number of anilines is 1. The predicted octanol–water partition coefficient (Wildman–Crippen LogP) is 4.47. The molecule has 5 rings (SSSR count). The number of hydrogen-bond donors (Lipinski definition) is 1. The van der Waals surface area contributed by atoms with Crippen molar-refractivity contribution in [2.45, 2.75) is 32.1 Å². The van der Waals surface area contributed by atoms with E-state index in [1.807, 2.05) is 18.2 Å². The van der Waals surface area contributed by atoms with E-state index in [0.29, 0.717) is 5.92 Å². The van der Waals surface area contributed by atoms with Gasteiger partial charge in [-0.05, 0) is 54.7 Å². The number of H-pyrrole nitrogens is 1. The molecule has 2 aromatic carbocycles. The Morgan fingerprint density at radius 3 is 2.50 bits per heavy atom. The molecule has 1 N–H and O–H groups in total. The summed E-state index contributed by atoms with van der Waals surface area (Å²) in [5, 5.41) is 9.69. The second-order valence-corrected chi connectivity index (χ2v) is 8.42. The fraction of sp³-hybridized carbons (Fsp3) is 0.308. The van der Waals surface area contributed by atoms with Gasteiger partial charge in [0.1, 0.15) is 17.5 Å². The minimum atomic E-state index is -0.269. The second kappa shape index (κ2) is 7.84. The average molecular weight is 396 g/mol. The van der Waals surface area contributed by atoms with Crippen molar-refractivity contribution >= 4 is 5.82 Å². The zero-order chi connectivity index (χ0) is 20.5. The van der Waals surface area contributed by atoms with Crippen LogP contribution in [0.4, 0.5) is 5.82 Å². The third-order valence-electron chi connectivity index (χ3n) is 6.64. The van der Waals surface area contributed by atoms with E-state index in [-0.39, 0.29) is 11.1 Å². The van der Waals surface area contributed by atoms with Crippen LogP contribution in [0.3, 0.4) is 0 Å². The van der Waals surface area contributed by atoms with Gasteiger partial charge in [0.25, 0.3) is 5.56 Å². The van der Waals surface area contributed by atoms with Crippen molar-refractivity contribution in [1.29, 1.82) is 5.26 Å². The van der Waals surface area contributed by atoms with E-state index in [1.54, 1.807) is 0 Å². The SMILES string of the molecule is N#Cc1c2c(c(N3CCC(Cc4ccccc4)CC3)[nH]c1=O)CCc1ccccc1-2. The normalized spacial score (nSPS) is 15.9. The molecule has 3 aromatic rings. The highest BCUT2D eigenvalue weighted by Gasteiger charge is 2.28. The Balaban J connectivity index is 1.45. The zero-order valence-electron chi connectivity index (χ0n) is 17.0. The third-order valence-corrected chi connectivity index (χ3v) is 6.64. The van der Waals surface area contributed by atoms with Crippen LogP contribution < -0.4 is 10.5 Å². The number of rotatable bonds is 3. The number of aryl methyl sites for hydroxylation is 1. The quantitative estimate of drug-likeness (QED) is 0.712. The Morgan fingerprint density at radius 1 is 1.00 bits per heavy atom. The van der Waals surface area contributed by atoms with Gasteiger partial charge in [0.05, 0.1) is 0 Å². The molecule has 2 heterocycles. The first kappa shape index (κ1) is 18.7. The maximum absolute atomic E-state index is 12.8. The largest absolute Gasteiger partial charge is 0.358 e. The van der Waals surface area contributed by atoms with E-state index in [1.165, 1.54) is 11.1 Å². The van der Waals surface area contributed by atoms with E-state index in [0.717, 1.165) is 67.7 Å². The molecule has 4 nitrogen and oxygen atoms in total. The van der Waals surface area contributed by atoms with E-state index < -0.39 is 0 Å². The van der Waals surface area contributed by atoms with Gasteiger partial charge in [0.2, 0.25) is 0 Å². The van der Waals surface area contributed by atoms with Crippen LogP contribution in [-0.4, -0.2) is 18.1 Å². The average Bonchev–Trinajstić information content (AvgIpc) is 2.80. The molecular formula is C26H25N3O. The van der Waals surface area contributed by atoms with Crippen molar-refractivity contribution in [3.05, 3.63) is 87.2 Å². The van der Waals surface area contributed by atoms with Crippen LogP contribution in [0.1, 0.15) is 35.1 Å². The molecule has 0 spiro atoms. The smallest absolute Gasteiger partial charge is 0.268 e. The summed E-state index contributed by atoms with van der Waals surface area (Å²) in [4.78, 5) is 18.2. The fourth-order valence-electron chi connectivity index (χ4n) is 5.10. The van der Waals surface area contributed by atoms with Gasteiger partial charge in [-0.3, -0.25) is 4.79 Å². The number of nitrogens with one attached hydrogen (secondary N) is 1. The number of benzene rings is 2. The standard InChI is InChI=1S/C26H25N3O/c27-17-23-24-21-9-5-4-8-20(21)10-11-22(24)25(28-26(23)30)29-14-12-19(13-15-29)16-18-6-2-1-3-7-18/h1-9,19H,10-16H2,(H,28,30). The Hall–Kier alpha value is -3.32. The van der Waals surface area contributed by atoms with Crippen LogP contribution in [-0.2, 0) is 19.3 Å². The number of nitrogens with zero attached hydrogens (tertiary/aromatic N) is 2. The van der Waals surface area contributed by atoms with Crippen molar-refractivity contribution in [2.75, 3.05) is 18.0 Å². The first-order valence-corrected chi connectivity index (χ1v) is 10.8. The Labute approximate surface area is 176 Å². The second-order valence-electron chi connectivity index (χ2n) is 8.42. The maximum atomic E-state index is 12.8. The van der Waals surface area contributed by atoms with Crippen LogP contribution in [0.5, 0.6) is 0 Å². The van der Waals surface area contributed by atoms with Crippen LogP contribution in [0, 0.1) is 17.2 Å². The monoisotopic (exact) mass is 395 g/mol. The Morgan fingerprint density at radius 2 is 1.73 bits per heavy atom. The van der Waals surface area contributed by atoms with Crippen LogP contribution in [0.15, 0.2) is 59.4 Å². The molecule has 1 aliphatic heterocycles. The van der Waals surface area contributed by atoms with Gasteiger partial charge in [0, 0.05) is 24.2 Å². The number of nitriles is 1. The topological polar surface area (TPSA) is 59.9 Å². The summed E-state index contributed by atoms with van der Waals surface area (Å²) in [7, 11) is 0. The van der Waals surface area contributed by atoms with Gasteiger partial charge >= 0.3 is 0 Å². The molecule has 2 aliphatic rings. The van der Waals surface area contributed by atoms with E-state index in [4.69, 9.17) is 0 Å². The van der Waals surface area contributed by atoms with Gasteiger partial charge < -0.3 is 9.88 Å². The minimum absolute atomic E-state index is 0.250. The molecular weight excluding hydrogens is 370 g/mol. The molecule has 0 amide bonds. The zero-order valence-corrected chi connectivity index (χ0v) is 17.0. The predicted molar refractivity (Wildman–Crippen MR) is 120 cm³/mol. The lowest BCUT2D eigenvalue weighted by molar-refractivity contribution is 0.401. The molecule has 1 aromatic heterocycles. The summed E-state index contributed by atoms with van der Waals surface area (Å²) in [5.41, 5.74) is 5.63. The molecule has 0 atom stereocenters. The van der Waals surface area contributed by atoms with E-state index in [9.17, 15) is 10.1 Å².